The number of rotatable bonds is 9. The van der Waals surface area contributed by atoms with Gasteiger partial charge in [-0.25, -0.2) is 8.42 Å². The molecule has 216 valence electrons. The molecule has 0 fully saturated rings. The number of likely N-dealkylation sites (N-methyl/N-ethyl adjacent to an activating group) is 1. The van der Waals surface area contributed by atoms with Gasteiger partial charge in [0.05, 0.1) is 29.1 Å². The number of anilines is 1. The van der Waals surface area contributed by atoms with E-state index in [-0.39, 0.29) is 41.2 Å². The Morgan fingerprint density at radius 3 is 2.65 bits per heavy atom. The number of sulfonamides is 1. The first-order chi connectivity index (χ1) is 19.0. The fraction of sp³-hybridized carbons (Fsp3) is 0.393. The van der Waals surface area contributed by atoms with E-state index in [4.69, 9.17) is 27.9 Å². The number of hydrogen-bond donors (Lipinski definition) is 2. The molecule has 0 radical (unpaired) electrons. The minimum absolute atomic E-state index is 0.00674. The van der Waals surface area contributed by atoms with Crippen molar-refractivity contribution in [3.8, 4) is 5.75 Å². The molecule has 3 aromatic rings. The zero-order valence-corrected chi connectivity index (χ0v) is 25.7. The van der Waals surface area contributed by atoms with Gasteiger partial charge in [0, 0.05) is 36.8 Å². The number of halogens is 2. The van der Waals surface area contributed by atoms with Crippen LogP contribution in [0.25, 0.3) is 0 Å². The highest BCUT2D eigenvalue weighted by atomic mass is 35.5. The third-order valence-corrected chi connectivity index (χ3v) is 10.4. The van der Waals surface area contributed by atoms with E-state index >= 15 is 0 Å². The Labute approximate surface area is 249 Å². The number of benzene rings is 2. The van der Waals surface area contributed by atoms with Gasteiger partial charge in [0.1, 0.15) is 16.1 Å². The number of aliphatic hydroxyl groups is 1. The van der Waals surface area contributed by atoms with Crippen molar-refractivity contribution in [2.24, 2.45) is 5.92 Å². The molecule has 0 spiro atoms. The normalized spacial score (nSPS) is 18.9. The quantitative estimate of drug-likeness (QED) is 0.342. The molecule has 1 amide bonds. The van der Waals surface area contributed by atoms with E-state index in [0.29, 0.717) is 46.7 Å². The molecule has 2 heterocycles. The van der Waals surface area contributed by atoms with Crippen molar-refractivity contribution in [2.75, 3.05) is 31.5 Å². The number of thiophene rings is 1. The van der Waals surface area contributed by atoms with E-state index in [0.717, 1.165) is 16.9 Å². The van der Waals surface area contributed by atoms with Gasteiger partial charge in [0.25, 0.3) is 10.0 Å². The summed E-state index contributed by atoms with van der Waals surface area (Å²) < 4.78 is 35.0. The number of ether oxygens (including phenoxy) is 1. The van der Waals surface area contributed by atoms with Crippen LogP contribution >= 0.6 is 34.5 Å². The highest BCUT2D eigenvalue weighted by molar-refractivity contribution is 7.94. The second-order valence-electron chi connectivity index (χ2n) is 10.2. The van der Waals surface area contributed by atoms with Gasteiger partial charge in [-0.2, -0.15) is 0 Å². The molecule has 4 rings (SSSR count). The highest BCUT2D eigenvalue weighted by Crippen LogP contribution is 2.31. The lowest BCUT2D eigenvalue weighted by Crippen LogP contribution is -2.47. The van der Waals surface area contributed by atoms with Crippen LogP contribution in [0.5, 0.6) is 5.75 Å². The molecule has 8 nitrogen and oxygen atoms in total. The van der Waals surface area contributed by atoms with Crippen molar-refractivity contribution in [3.05, 3.63) is 75.1 Å². The fourth-order valence-corrected chi connectivity index (χ4v) is 7.02. The lowest BCUT2D eigenvalue weighted by atomic mass is 10.0. The number of nitrogens with one attached hydrogen (secondary N) is 1. The molecule has 0 aliphatic carbocycles. The molecule has 3 atom stereocenters. The lowest BCUT2D eigenvalue weighted by Gasteiger charge is -2.34. The van der Waals surface area contributed by atoms with Crippen LogP contribution < -0.4 is 9.46 Å². The van der Waals surface area contributed by atoms with Gasteiger partial charge in [-0.3, -0.25) is 14.4 Å². The molecule has 0 saturated carbocycles. The van der Waals surface area contributed by atoms with Crippen LogP contribution in [0.2, 0.25) is 10.0 Å². The molecule has 0 bridgehead atoms. The van der Waals surface area contributed by atoms with Gasteiger partial charge in [-0.1, -0.05) is 42.3 Å². The van der Waals surface area contributed by atoms with E-state index in [1.807, 2.05) is 26.1 Å². The lowest BCUT2D eigenvalue weighted by molar-refractivity contribution is -0.134. The first-order valence-corrected chi connectivity index (χ1v) is 16.0. The van der Waals surface area contributed by atoms with Crippen molar-refractivity contribution in [2.45, 2.75) is 43.2 Å². The Balaban J connectivity index is 1.62. The smallest absolute Gasteiger partial charge is 0.271 e. The zero-order chi connectivity index (χ0) is 29.0. The average molecular weight is 627 g/mol. The molecule has 12 heteroatoms. The van der Waals surface area contributed by atoms with E-state index in [1.165, 1.54) is 6.07 Å². The summed E-state index contributed by atoms with van der Waals surface area (Å²) in [5.41, 5.74) is 1.91. The van der Waals surface area contributed by atoms with Crippen molar-refractivity contribution < 1.29 is 23.1 Å². The fourth-order valence-electron chi connectivity index (χ4n) is 4.65. The molecule has 2 aromatic carbocycles. The van der Waals surface area contributed by atoms with E-state index in [1.54, 1.807) is 47.5 Å². The van der Waals surface area contributed by atoms with Crippen molar-refractivity contribution >= 4 is 56.2 Å². The van der Waals surface area contributed by atoms with Crippen LogP contribution in [0.15, 0.2) is 58.1 Å². The van der Waals surface area contributed by atoms with Crippen LogP contribution in [-0.4, -0.2) is 68.1 Å². The Morgan fingerprint density at radius 1 is 1.20 bits per heavy atom. The van der Waals surface area contributed by atoms with Gasteiger partial charge in [-0.15, -0.1) is 11.3 Å². The number of hydrogen-bond acceptors (Lipinski definition) is 7. The van der Waals surface area contributed by atoms with Gasteiger partial charge in [0.15, 0.2) is 0 Å². The summed E-state index contributed by atoms with van der Waals surface area (Å²) in [7, 11) is -1.78. The predicted octanol–water partition coefficient (Wildman–Crippen LogP) is 5.14. The van der Waals surface area contributed by atoms with Crippen LogP contribution in [0.4, 0.5) is 5.69 Å². The number of aliphatic hydroxyl groups excluding tert-OH is 1. The Hall–Kier alpha value is -2.34. The Bertz CT molecular complexity index is 1440. The van der Waals surface area contributed by atoms with E-state index in [9.17, 15) is 18.3 Å². The Kier molecular flexibility index (Phi) is 10.0. The third-order valence-electron chi connectivity index (χ3n) is 6.86. The second kappa shape index (κ2) is 13.1. The standard InChI is InChI=1S/C28H33Cl2N3O5S2/c1-18-14-33(19(2)17-34)27(35)13-21-12-22(31-40(36,37)28-5-4-10-39-28)7-9-25(21)38-26(18)16-32(3)15-20-6-8-23(29)24(30)11-20/h4-12,18-19,26,31,34H,13-17H2,1-3H3/t18-,19+,26-/m0/s1. The van der Waals surface area contributed by atoms with Crippen LogP contribution in [0.3, 0.4) is 0 Å². The minimum atomic E-state index is -3.76. The summed E-state index contributed by atoms with van der Waals surface area (Å²) in [6, 6.07) is 13.4. The number of nitrogens with zero attached hydrogens (tertiary/aromatic N) is 2. The molecule has 1 aromatic heterocycles. The van der Waals surface area contributed by atoms with E-state index < -0.39 is 10.0 Å². The van der Waals surface area contributed by atoms with Crippen molar-refractivity contribution in [1.82, 2.24) is 9.80 Å². The number of fused-ring (bicyclic) bond motifs is 1. The largest absolute Gasteiger partial charge is 0.488 e. The maximum atomic E-state index is 13.4. The molecule has 0 unspecified atom stereocenters. The SMILES string of the molecule is C[C@H](CO)N1C[C@H](C)[C@H](CN(C)Cc2ccc(Cl)c(Cl)c2)Oc2ccc(NS(=O)(=O)c3cccs3)cc2CC1=O. The molecule has 2 N–H and O–H groups in total. The zero-order valence-electron chi connectivity index (χ0n) is 22.5. The Morgan fingerprint density at radius 2 is 1.98 bits per heavy atom. The third kappa shape index (κ3) is 7.48. The van der Waals surface area contributed by atoms with Crippen molar-refractivity contribution in [1.29, 1.82) is 0 Å². The monoisotopic (exact) mass is 625 g/mol. The summed E-state index contributed by atoms with van der Waals surface area (Å²) in [6.45, 7) is 5.21. The van der Waals surface area contributed by atoms with Gasteiger partial charge in [-0.05, 0) is 61.3 Å². The molecule has 0 saturated heterocycles. The van der Waals surface area contributed by atoms with Gasteiger partial charge >= 0.3 is 0 Å². The molecule has 40 heavy (non-hydrogen) atoms. The molecule has 1 aliphatic rings. The summed E-state index contributed by atoms with van der Waals surface area (Å²) in [5, 5.41) is 12.6. The number of carbonyl (C=O) groups excluding carboxylic acids is 1. The molecular weight excluding hydrogens is 593 g/mol. The highest BCUT2D eigenvalue weighted by Gasteiger charge is 2.31. The first-order valence-electron chi connectivity index (χ1n) is 12.9. The van der Waals surface area contributed by atoms with Crippen LogP contribution in [-0.2, 0) is 27.8 Å². The van der Waals surface area contributed by atoms with Crippen molar-refractivity contribution in [3.63, 3.8) is 0 Å². The van der Waals surface area contributed by atoms with Gasteiger partial charge < -0.3 is 14.7 Å². The predicted molar refractivity (Wildman–Crippen MR) is 160 cm³/mol. The molecular formula is C28H33Cl2N3O5S2. The number of amides is 1. The summed E-state index contributed by atoms with van der Waals surface area (Å²) in [6.07, 6.45) is -0.299. The van der Waals surface area contributed by atoms with Crippen LogP contribution in [0, 0.1) is 5.92 Å². The second-order valence-corrected chi connectivity index (χ2v) is 13.9. The summed E-state index contributed by atoms with van der Waals surface area (Å²) >= 11 is 13.4. The molecule has 1 aliphatic heterocycles. The summed E-state index contributed by atoms with van der Waals surface area (Å²) in [5.74, 6) is 0.282. The maximum Gasteiger partial charge on any atom is 0.271 e. The average Bonchev–Trinajstić information content (AvgIpc) is 3.46. The van der Waals surface area contributed by atoms with E-state index in [2.05, 4.69) is 9.62 Å². The topological polar surface area (TPSA) is 99.2 Å². The first kappa shape index (κ1) is 30.6. The maximum absolute atomic E-state index is 13.4. The minimum Gasteiger partial charge on any atom is -0.488 e. The van der Waals surface area contributed by atoms with Crippen LogP contribution in [0.1, 0.15) is 25.0 Å². The number of carbonyl (C=O) groups is 1. The summed E-state index contributed by atoms with van der Waals surface area (Å²) in [4.78, 5) is 17.2. The van der Waals surface area contributed by atoms with Gasteiger partial charge in [0.2, 0.25) is 5.91 Å².